The van der Waals surface area contributed by atoms with Crippen molar-refractivity contribution in [3.8, 4) is 0 Å². The van der Waals surface area contributed by atoms with E-state index in [1.807, 2.05) is 6.92 Å². The third kappa shape index (κ3) is 4.19. The fourth-order valence-corrected chi connectivity index (χ4v) is 2.13. The summed E-state index contributed by atoms with van der Waals surface area (Å²) >= 11 is 0. The van der Waals surface area contributed by atoms with Gasteiger partial charge in [-0.05, 0) is 37.6 Å². The number of carbonyl (C=O) groups is 2. The third-order valence-electron chi connectivity index (χ3n) is 3.25. The van der Waals surface area contributed by atoms with Crippen molar-refractivity contribution < 1.29 is 14.3 Å². The van der Waals surface area contributed by atoms with Crippen LogP contribution in [0.5, 0.6) is 0 Å². The Kier molecular flexibility index (Phi) is 5.57. The van der Waals surface area contributed by atoms with Gasteiger partial charge in [-0.3, -0.25) is 9.69 Å². The normalized spacial score (nSPS) is 14.1. The van der Waals surface area contributed by atoms with Gasteiger partial charge < -0.3 is 15.4 Å². The summed E-state index contributed by atoms with van der Waals surface area (Å²) in [4.78, 5) is 25.1. The maximum Gasteiger partial charge on any atom is 0.321 e. The van der Waals surface area contributed by atoms with E-state index < -0.39 is 0 Å². The first-order valence-corrected chi connectivity index (χ1v) is 7.23. The Morgan fingerprint density at radius 1 is 1.38 bits per heavy atom. The largest absolute Gasteiger partial charge is 0.382 e. The Hall–Kier alpha value is -2.08. The average molecular weight is 291 g/mol. The summed E-state index contributed by atoms with van der Waals surface area (Å²) in [6, 6.07) is 6.96. The van der Waals surface area contributed by atoms with E-state index in [2.05, 4.69) is 10.6 Å². The van der Waals surface area contributed by atoms with Crippen molar-refractivity contribution in [3.63, 3.8) is 0 Å². The average Bonchev–Trinajstić information content (AvgIpc) is 2.93. The molecule has 0 unspecified atom stereocenters. The minimum atomic E-state index is -0.107. The number of anilines is 1. The fraction of sp³-hybridized carbons (Fsp3) is 0.467. The van der Waals surface area contributed by atoms with Crippen molar-refractivity contribution >= 4 is 17.6 Å². The standard InChI is InChI=1S/C15H21N3O3/c1-2-21-11-3-8-16-14(19)12-4-6-13(7-5-12)18-10-9-17-15(18)20/h4-7H,2-3,8-11H2,1H3,(H,16,19)(H,17,20). The van der Waals surface area contributed by atoms with Gasteiger partial charge in [0.05, 0.1) is 0 Å². The van der Waals surface area contributed by atoms with E-state index in [9.17, 15) is 9.59 Å². The minimum absolute atomic E-state index is 0.0943. The molecule has 3 amide bonds. The maximum absolute atomic E-state index is 11.9. The topological polar surface area (TPSA) is 70.7 Å². The lowest BCUT2D eigenvalue weighted by atomic mass is 10.2. The highest BCUT2D eigenvalue weighted by atomic mass is 16.5. The molecule has 2 rings (SSSR count). The molecule has 0 aromatic heterocycles. The summed E-state index contributed by atoms with van der Waals surface area (Å²) < 4.78 is 5.21. The van der Waals surface area contributed by atoms with Gasteiger partial charge >= 0.3 is 6.03 Å². The van der Waals surface area contributed by atoms with E-state index in [0.717, 1.165) is 12.1 Å². The van der Waals surface area contributed by atoms with Crippen molar-refractivity contribution in [3.05, 3.63) is 29.8 Å². The SMILES string of the molecule is CCOCCCNC(=O)c1ccc(N2CCNC2=O)cc1. The van der Waals surface area contributed by atoms with Crippen LogP contribution in [0.25, 0.3) is 0 Å². The molecule has 0 atom stereocenters. The first-order valence-electron chi connectivity index (χ1n) is 7.23. The molecular weight excluding hydrogens is 270 g/mol. The van der Waals surface area contributed by atoms with E-state index in [4.69, 9.17) is 4.74 Å². The highest BCUT2D eigenvalue weighted by molar-refractivity contribution is 5.96. The second kappa shape index (κ2) is 7.64. The van der Waals surface area contributed by atoms with Crippen LogP contribution in [0, 0.1) is 0 Å². The Morgan fingerprint density at radius 2 is 2.14 bits per heavy atom. The Morgan fingerprint density at radius 3 is 2.76 bits per heavy atom. The Bertz CT molecular complexity index is 487. The summed E-state index contributed by atoms with van der Waals surface area (Å²) in [7, 11) is 0. The number of carbonyl (C=O) groups excluding carboxylic acids is 2. The van der Waals surface area contributed by atoms with E-state index in [1.165, 1.54) is 0 Å². The van der Waals surface area contributed by atoms with Gasteiger partial charge in [0, 0.05) is 44.1 Å². The molecule has 6 nitrogen and oxygen atoms in total. The molecule has 114 valence electrons. The lowest BCUT2D eigenvalue weighted by molar-refractivity contribution is 0.0944. The molecule has 1 aromatic rings. The van der Waals surface area contributed by atoms with E-state index in [1.54, 1.807) is 29.2 Å². The Labute approximate surface area is 124 Å². The molecule has 2 N–H and O–H groups in total. The number of urea groups is 1. The molecule has 6 heteroatoms. The smallest absolute Gasteiger partial charge is 0.321 e. The quantitative estimate of drug-likeness (QED) is 0.745. The minimum Gasteiger partial charge on any atom is -0.382 e. The summed E-state index contributed by atoms with van der Waals surface area (Å²) in [6.45, 7) is 5.19. The van der Waals surface area contributed by atoms with Crippen molar-refractivity contribution in [1.29, 1.82) is 0 Å². The third-order valence-corrected chi connectivity index (χ3v) is 3.25. The molecule has 1 fully saturated rings. The van der Waals surface area contributed by atoms with Crippen LogP contribution in [0.1, 0.15) is 23.7 Å². The van der Waals surface area contributed by atoms with Crippen LogP contribution in [-0.2, 0) is 4.74 Å². The monoisotopic (exact) mass is 291 g/mol. The fourth-order valence-electron chi connectivity index (χ4n) is 2.13. The van der Waals surface area contributed by atoms with E-state index >= 15 is 0 Å². The highest BCUT2D eigenvalue weighted by Gasteiger charge is 2.20. The lowest BCUT2D eigenvalue weighted by Gasteiger charge is -2.14. The van der Waals surface area contributed by atoms with Gasteiger partial charge in [0.1, 0.15) is 0 Å². The molecule has 0 bridgehead atoms. The van der Waals surface area contributed by atoms with Gasteiger partial charge in [0.25, 0.3) is 5.91 Å². The van der Waals surface area contributed by atoms with Crippen LogP contribution in [-0.4, -0.2) is 44.8 Å². The number of nitrogens with one attached hydrogen (secondary N) is 2. The van der Waals surface area contributed by atoms with Gasteiger partial charge in [0.2, 0.25) is 0 Å². The highest BCUT2D eigenvalue weighted by Crippen LogP contribution is 2.17. The van der Waals surface area contributed by atoms with Gasteiger partial charge in [-0.25, -0.2) is 4.79 Å². The predicted molar refractivity (Wildman–Crippen MR) is 80.6 cm³/mol. The molecule has 1 aromatic carbocycles. The predicted octanol–water partition coefficient (Wildman–Crippen LogP) is 1.37. The zero-order valence-electron chi connectivity index (χ0n) is 12.2. The van der Waals surface area contributed by atoms with Crippen molar-refractivity contribution in [2.75, 3.05) is 37.7 Å². The second-order valence-electron chi connectivity index (χ2n) is 4.74. The van der Waals surface area contributed by atoms with Crippen LogP contribution >= 0.6 is 0 Å². The van der Waals surface area contributed by atoms with Gasteiger partial charge in [-0.2, -0.15) is 0 Å². The summed E-state index contributed by atoms with van der Waals surface area (Å²) in [5.74, 6) is -0.107. The first kappa shape index (κ1) is 15.3. The van der Waals surface area contributed by atoms with Crippen LogP contribution in [0.15, 0.2) is 24.3 Å². The van der Waals surface area contributed by atoms with Gasteiger partial charge in [-0.15, -0.1) is 0 Å². The van der Waals surface area contributed by atoms with Crippen LogP contribution < -0.4 is 15.5 Å². The first-order chi connectivity index (χ1) is 10.2. The number of hydrogen-bond donors (Lipinski definition) is 2. The van der Waals surface area contributed by atoms with E-state index in [-0.39, 0.29) is 11.9 Å². The van der Waals surface area contributed by atoms with Crippen LogP contribution in [0.3, 0.4) is 0 Å². The van der Waals surface area contributed by atoms with Crippen molar-refractivity contribution in [2.45, 2.75) is 13.3 Å². The lowest BCUT2D eigenvalue weighted by Crippen LogP contribution is -2.28. The summed E-state index contributed by atoms with van der Waals surface area (Å²) in [5.41, 5.74) is 1.40. The molecule has 0 spiro atoms. The molecule has 1 saturated heterocycles. The number of rotatable bonds is 7. The van der Waals surface area contributed by atoms with Crippen LogP contribution in [0.2, 0.25) is 0 Å². The van der Waals surface area contributed by atoms with E-state index in [0.29, 0.717) is 38.4 Å². The van der Waals surface area contributed by atoms with Crippen LogP contribution in [0.4, 0.5) is 10.5 Å². The van der Waals surface area contributed by atoms with Gasteiger partial charge in [-0.1, -0.05) is 0 Å². The summed E-state index contributed by atoms with van der Waals surface area (Å²) in [6.07, 6.45) is 0.797. The number of ether oxygens (including phenoxy) is 1. The molecule has 0 aliphatic carbocycles. The van der Waals surface area contributed by atoms with Crippen molar-refractivity contribution in [2.24, 2.45) is 0 Å². The Balaban J connectivity index is 1.83. The van der Waals surface area contributed by atoms with Crippen molar-refractivity contribution in [1.82, 2.24) is 10.6 Å². The van der Waals surface area contributed by atoms with Gasteiger partial charge in [0.15, 0.2) is 0 Å². The molecule has 0 radical (unpaired) electrons. The second-order valence-corrected chi connectivity index (χ2v) is 4.74. The zero-order chi connectivity index (χ0) is 15.1. The number of hydrogen-bond acceptors (Lipinski definition) is 3. The molecule has 1 aliphatic rings. The molecule has 1 heterocycles. The molecule has 21 heavy (non-hydrogen) atoms. The number of benzene rings is 1. The zero-order valence-corrected chi connectivity index (χ0v) is 12.2. The molecule has 1 aliphatic heterocycles. The number of amides is 3. The molecular formula is C15H21N3O3. The molecule has 0 saturated carbocycles. The maximum atomic E-state index is 11.9. The number of nitrogens with zero attached hydrogens (tertiary/aromatic N) is 1. The summed E-state index contributed by atoms with van der Waals surface area (Å²) in [5, 5.41) is 5.59.